The van der Waals surface area contributed by atoms with Crippen LogP contribution in [0.5, 0.6) is 0 Å². The van der Waals surface area contributed by atoms with Crippen LogP contribution in [0.25, 0.3) is 10.9 Å². The smallest absolute Gasteiger partial charge is 0.282 e. The summed E-state index contributed by atoms with van der Waals surface area (Å²) in [5.41, 5.74) is 0.737. The average Bonchev–Trinajstić information content (AvgIpc) is 2.51. The molecule has 1 saturated carbocycles. The summed E-state index contributed by atoms with van der Waals surface area (Å²) in [4.78, 5) is 16.9. The van der Waals surface area contributed by atoms with Crippen molar-refractivity contribution in [2.45, 2.75) is 50.9 Å². The molecule has 1 aromatic heterocycles. The van der Waals surface area contributed by atoms with Crippen molar-refractivity contribution in [3.63, 3.8) is 0 Å². The first-order valence-electron chi connectivity index (χ1n) is 7.75. The number of hydrogen-bond donors (Lipinski definition) is 0. The Kier molecular flexibility index (Phi) is 3.78. The van der Waals surface area contributed by atoms with E-state index >= 15 is 0 Å². The zero-order valence-electron chi connectivity index (χ0n) is 12.7. The van der Waals surface area contributed by atoms with Gasteiger partial charge in [-0.1, -0.05) is 43.9 Å². The highest BCUT2D eigenvalue weighted by Crippen LogP contribution is 2.41. The Hall–Kier alpha value is -1.35. The lowest BCUT2D eigenvalue weighted by molar-refractivity contribution is 0.261. The second-order valence-corrected chi connectivity index (χ2v) is 6.54. The van der Waals surface area contributed by atoms with E-state index in [9.17, 15) is 4.79 Å². The summed E-state index contributed by atoms with van der Waals surface area (Å²) in [6, 6.07) is 5.61. The van der Waals surface area contributed by atoms with Gasteiger partial charge in [0.15, 0.2) is 0 Å². The topological polar surface area (TPSA) is 34.9 Å². The van der Waals surface area contributed by atoms with E-state index in [4.69, 9.17) is 11.6 Å². The van der Waals surface area contributed by atoms with Crippen LogP contribution >= 0.6 is 11.6 Å². The van der Waals surface area contributed by atoms with E-state index in [0.717, 1.165) is 30.6 Å². The number of halogens is 1. The molecule has 1 aliphatic carbocycles. The van der Waals surface area contributed by atoms with E-state index in [1.165, 1.54) is 19.3 Å². The number of rotatable bonds is 2. The van der Waals surface area contributed by atoms with Crippen molar-refractivity contribution in [2.75, 3.05) is 0 Å². The predicted octanol–water partition coefficient (Wildman–Crippen LogP) is 4.20. The first kappa shape index (κ1) is 14.6. The molecule has 0 N–H and O–H groups in total. The molecule has 0 radical (unpaired) electrons. The number of aryl methyl sites for hydroxylation is 1. The van der Waals surface area contributed by atoms with Crippen LogP contribution in [0.3, 0.4) is 0 Å². The van der Waals surface area contributed by atoms with Crippen LogP contribution in [0.15, 0.2) is 23.0 Å². The molecule has 0 atom stereocenters. The van der Waals surface area contributed by atoms with Gasteiger partial charge in [0.2, 0.25) is 0 Å². The van der Waals surface area contributed by atoms with Crippen molar-refractivity contribution < 1.29 is 0 Å². The molecular formula is C17H21ClN2O. The summed E-state index contributed by atoms with van der Waals surface area (Å²) in [7, 11) is 2.01. The fourth-order valence-electron chi connectivity index (χ4n) is 3.78. The first-order valence-corrected chi connectivity index (χ1v) is 8.12. The fourth-order valence-corrected chi connectivity index (χ4v) is 4.03. The summed E-state index contributed by atoms with van der Waals surface area (Å²) in [6.07, 6.45) is 6.99. The van der Waals surface area contributed by atoms with Gasteiger partial charge >= 0.3 is 0 Å². The zero-order valence-corrected chi connectivity index (χ0v) is 13.4. The average molecular weight is 305 g/mol. The fraction of sp³-hybridized carbons (Fsp3) is 0.529. The largest absolute Gasteiger partial charge is 0.332 e. The van der Waals surface area contributed by atoms with Crippen LogP contribution in [-0.4, -0.2) is 9.55 Å². The maximum absolute atomic E-state index is 12.5. The summed E-state index contributed by atoms with van der Waals surface area (Å²) < 4.78 is 2.08. The molecule has 3 nitrogen and oxygen atoms in total. The summed E-state index contributed by atoms with van der Waals surface area (Å²) in [6.45, 7) is 2.21. The van der Waals surface area contributed by atoms with Gasteiger partial charge in [-0.2, -0.15) is 4.98 Å². The van der Waals surface area contributed by atoms with Crippen molar-refractivity contribution in [2.24, 2.45) is 7.05 Å². The van der Waals surface area contributed by atoms with Gasteiger partial charge in [-0.15, -0.1) is 0 Å². The van der Waals surface area contributed by atoms with E-state index in [-0.39, 0.29) is 11.0 Å². The number of hydrogen-bond acceptors (Lipinski definition) is 2. The number of benzene rings is 1. The SMILES string of the molecule is CCC1(c2nc(=O)c3c(Cl)cccc3n2C)CCCCC1. The summed E-state index contributed by atoms with van der Waals surface area (Å²) in [5, 5.41) is 1.02. The van der Waals surface area contributed by atoms with Crippen LogP contribution in [0.4, 0.5) is 0 Å². The minimum absolute atomic E-state index is 0.0443. The Morgan fingerprint density at radius 1 is 1.29 bits per heavy atom. The monoisotopic (exact) mass is 304 g/mol. The maximum atomic E-state index is 12.5. The predicted molar refractivity (Wildman–Crippen MR) is 87.0 cm³/mol. The molecule has 1 aromatic carbocycles. The highest BCUT2D eigenvalue weighted by Gasteiger charge is 2.36. The number of aromatic nitrogens is 2. The lowest BCUT2D eigenvalue weighted by Gasteiger charge is -2.37. The van der Waals surface area contributed by atoms with Gasteiger partial charge in [-0.05, 0) is 31.4 Å². The van der Waals surface area contributed by atoms with E-state index in [2.05, 4.69) is 16.5 Å². The van der Waals surface area contributed by atoms with Gasteiger partial charge in [-0.3, -0.25) is 4.79 Å². The van der Waals surface area contributed by atoms with E-state index < -0.39 is 0 Å². The molecular weight excluding hydrogens is 284 g/mol. The third-order valence-corrected chi connectivity index (χ3v) is 5.37. The van der Waals surface area contributed by atoms with Gasteiger partial charge in [0, 0.05) is 12.5 Å². The van der Waals surface area contributed by atoms with Crippen LogP contribution in [0.2, 0.25) is 5.02 Å². The summed E-state index contributed by atoms with van der Waals surface area (Å²) in [5.74, 6) is 0.935. The Morgan fingerprint density at radius 2 is 2.00 bits per heavy atom. The van der Waals surface area contributed by atoms with E-state index in [1.54, 1.807) is 6.07 Å². The van der Waals surface area contributed by atoms with Gasteiger partial charge in [0.05, 0.1) is 15.9 Å². The summed E-state index contributed by atoms with van der Waals surface area (Å²) >= 11 is 6.19. The molecule has 0 spiro atoms. The lowest BCUT2D eigenvalue weighted by atomic mass is 9.71. The third kappa shape index (κ3) is 2.28. The molecule has 1 fully saturated rings. The van der Waals surface area contributed by atoms with E-state index in [1.807, 2.05) is 19.2 Å². The van der Waals surface area contributed by atoms with Crippen molar-refractivity contribution in [1.29, 1.82) is 0 Å². The van der Waals surface area contributed by atoms with Crippen LogP contribution in [0, 0.1) is 0 Å². The van der Waals surface area contributed by atoms with Gasteiger partial charge in [0.25, 0.3) is 5.56 Å². The quantitative estimate of drug-likeness (QED) is 0.833. The highest BCUT2D eigenvalue weighted by molar-refractivity contribution is 6.35. The normalized spacial score (nSPS) is 18.0. The minimum Gasteiger partial charge on any atom is -0.332 e. The second kappa shape index (κ2) is 5.45. The Labute approximate surface area is 130 Å². The molecule has 0 unspecified atom stereocenters. The Balaban J connectivity index is 2.29. The molecule has 1 heterocycles. The van der Waals surface area contributed by atoms with Crippen molar-refractivity contribution in [3.05, 3.63) is 39.4 Å². The van der Waals surface area contributed by atoms with Crippen LogP contribution in [0.1, 0.15) is 51.3 Å². The highest BCUT2D eigenvalue weighted by atomic mass is 35.5. The van der Waals surface area contributed by atoms with Crippen LogP contribution < -0.4 is 5.56 Å². The van der Waals surface area contributed by atoms with Crippen LogP contribution in [-0.2, 0) is 12.5 Å². The first-order chi connectivity index (χ1) is 10.1. The van der Waals surface area contributed by atoms with Crippen molar-refractivity contribution in [1.82, 2.24) is 9.55 Å². The number of nitrogens with zero attached hydrogens (tertiary/aromatic N) is 2. The molecule has 2 aromatic rings. The maximum Gasteiger partial charge on any atom is 0.282 e. The van der Waals surface area contributed by atoms with Gasteiger partial charge < -0.3 is 4.57 Å². The zero-order chi connectivity index (χ0) is 15.0. The molecule has 0 saturated heterocycles. The molecule has 4 heteroatoms. The molecule has 0 aliphatic heterocycles. The standard InChI is InChI=1S/C17H21ClN2O/c1-3-17(10-5-4-6-11-17)16-19-15(21)14-12(18)8-7-9-13(14)20(16)2/h7-9H,3-6,10-11H2,1-2H3. The third-order valence-electron chi connectivity index (χ3n) is 5.05. The van der Waals surface area contributed by atoms with Crippen molar-refractivity contribution >= 4 is 22.5 Å². The lowest BCUT2D eigenvalue weighted by Crippen LogP contribution is -2.35. The number of fused-ring (bicyclic) bond motifs is 1. The second-order valence-electron chi connectivity index (χ2n) is 6.13. The van der Waals surface area contributed by atoms with Crippen molar-refractivity contribution in [3.8, 4) is 0 Å². The van der Waals surface area contributed by atoms with Gasteiger partial charge in [0.1, 0.15) is 5.82 Å². The van der Waals surface area contributed by atoms with Gasteiger partial charge in [-0.25, -0.2) is 0 Å². The Morgan fingerprint density at radius 3 is 2.67 bits per heavy atom. The Bertz CT molecular complexity index is 729. The minimum atomic E-state index is -0.193. The molecule has 21 heavy (non-hydrogen) atoms. The van der Waals surface area contributed by atoms with E-state index in [0.29, 0.717) is 10.4 Å². The molecule has 112 valence electrons. The molecule has 1 aliphatic rings. The molecule has 3 rings (SSSR count). The molecule has 0 amide bonds. The molecule has 0 bridgehead atoms.